The lowest BCUT2D eigenvalue weighted by molar-refractivity contribution is 0.573. The van der Waals surface area contributed by atoms with Crippen LogP contribution in [0.3, 0.4) is 0 Å². The Morgan fingerprint density at radius 1 is 1.25 bits per heavy atom. The summed E-state index contributed by atoms with van der Waals surface area (Å²) in [5.74, 6) is 0. The van der Waals surface area contributed by atoms with E-state index in [1.807, 2.05) is 0 Å². The second kappa shape index (κ2) is 2.88. The minimum atomic E-state index is 0.0856. The van der Waals surface area contributed by atoms with E-state index in [-0.39, 0.29) is 5.41 Å². The molecule has 0 amide bonds. The number of hydrogen-bond acceptors (Lipinski definition) is 2. The number of fused-ring (bicyclic) bond motifs is 3. The Bertz CT molecular complexity index is 655. The first kappa shape index (κ1) is 9.46. The van der Waals surface area contributed by atoms with E-state index in [4.69, 9.17) is 4.42 Å². The maximum absolute atomic E-state index is 5.86. The van der Waals surface area contributed by atoms with Crippen molar-refractivity contribution in [3.05, 3.63) is 30.0 Å². The van der Waals surface area contributed by atoms with Crippen LogP contribution >= 0.6 is 0 Å². The molecule has 0 spiro atoms. The molecular weight excluding hydrogens is 200 g/mol. The van der Waals surface area contributed by atoms with Crippen LogP contribution in [-0.2, 0) is 5.41 Å². The Kier molecular flexibility index (Phi) is 1.70. The number of para-hydroxylation sites is 1. The van der Waals surface area contributed by atoms with Gasteiger partial charge in [0.2, 0.25) is 0 Å². The van der Waals surface area contributed by atoms with E-state index in [9.17, 15) is 0 Å². The van der Waals surface area contributed by atoms with Crippen LogP contribution in [0.1, 0.15) is 26.3 Å². The van der Waals surface area contributed by atoms with Gasteiger partial charge in [-0.1, -0.05) is 32.9 Å². The van der Waals surface area contributed by atoms with Gasteiger partial charge in [0, 0.05) is 10.9 Å². The van der Waals surface area contributed by atoms with Crippen molar-refractivity contribution < 1.29 is 4.42 Å². The molecule has 3 aromatic rings. The van der Waals surface area contributed by atoms with E-state index in [1.54, 1.807) is 6.20 Å². The van der Waals surface area contributed by atoms with Crippen LogP contribution in [0.2, 0.25) is 0 Å². The fraction of sp³-hybridized carbons (Fsp3) is 0.308. The quantitative estimate of drug-likeness (QED) is 0.621. The Morgan fingerprint density at radius 2 is 2.06 bits per heavy atom. The van der Waals surface area contributed by atoms with Crippen LogP contribution < -0.4 is 0 Å². The predicted molar refractivity (Wildman–Crippen MR) is 64.6 cm³/mol. The van der Waals surface area contributed by atoms with Gasteiger partial charge < -0.3 is 4.42 Å². The molecule has 82 valence electrons. The van der Waals surface area contributed by atoms with E-state index >= 15 is 0 Å². The summed E-state index contributed by atoms with van der Waals surface area (Å²) in [6.45, 7) is 6.57. The predicted octanol–water partition coefficient (Wildman–Crippen LogP) is 3.61. The third-order valence-corrected chi connectivity index (χ3v) is 2.91. The smallest absolute Gasteiger partial charge is 0.173 e. The van der Waals surface area contributed by atoms with Crippen molar-refractivity contribution in [3.63, 3.8) is 0 Å². The minimum absolute atomic E-state index is 0.0856. The van der Waals surface area contributed by atoms with E-state index in [1.165, 1.54) is 5.56 Å². The molecule has 3 heteroatoms. The summed E-state index contributed by atoms with van der Waals surface area (Å²) in [6, 6.07) is 6.26. The lowest BCUT2D eigenvalue weighted by atomic mass is 9.86. The number of rotatable bonds is 0. The first-order valence-corrected chi connectivity index (χ1v) is 5.42. The zero-order valence-corrected chi connectivity index (χ0v) is 9.66. The molecule has 2 heterocycles. The van der Waals surface area contributed by atoms with Gasteiger partial charge in [-0.05, 0) is 11.5 Å². The Labute approximate surface area is 93.4 Å². The highest BCUT2D eigenvalue weighted by atomic mass is 16.3. The fourth-order valence-electron chi connectivity index (χ4n) is 2.09. The first-order chi connectivity index (χ1) is 7.57. The van der Waals surface area contributed by atoms with Crippen molar-refractivity contribution in [2.24, 2.45) is 0 Å². The van der Waals surface area contributed by atoms with E-state index in [0.717, 1.165) is 22.1 Å². The van der Waals surface area contributed by atoms with Crippen molar-refractivity contribution in [1.82, 2.24) is 10.2 Å². The topological polar surface area (TPSA) is 41.8 Å². The van der Waals surface area contributed by atoms with Gasteiger partial charge in [0.15, 0.2) is 5.58 Å². The highest BCUT2D eigenvalue weighted by molar-refractivity contribution is 6.03. The molecule has 0 aliphatic heterocycles. The summed E-state index contributed by atoms with van der Waals surface area (Å²) < 4.78 is 5.86. The molecule has 0 saturated carbocycles. The molecule has 0 saturated heterocycles. The SMILES string of the molecule is CC(C)(C)c1cccc2c1oc1cn[nH]c12. The number of aromatic amines is 1. The zero-order valence-electron chi connectivity index (χ0n) is 9.66. The monoisotopic (exact) mass is 214 g/mol. The van der Waals surface area contributed by atoms with Crippen molar-refractivity contribution in [1.29, 1.82) is 0 Å². The van der Waals surface area contributed by atoms with Crippen LogP contribution in [0.25, 0.3) is 22.1 Å². The average molecular weight is 214 g/mol. The summed E-state index contributed by atoms with van der Waals surface area (Å²) in [7, 11) is 0. The number of nitrogens with zero attached hydrogens (tertiary/aromatic N) is 1. The molecule has 0 aliphatic carbocycles. The van der Waals surface area contributed by atoms with E-state index < -0.39 is 0 Å². The van der Waals surface area contributed by atoms with Crippen LogP contribution in [0.5, 0.6) is 0 Å². The summed E-state index contributed by atoms with van der Waals surface area (Å²) in [5, 5.41) is 8.07. The molecule has 0 unspecified atom stereocenters. The zero-order chi connectivity index (χ0) is 11.3. The van der Waals surface area contributed by atoms with Gasteiger partial charge in [0.25, 0.3) is 0 Å². The highest BCUT2D eigenvalue weighted by Gasteiger charge is 2.20. The number of furan rings is 1. The lowest BCUT2D eigenvalue weighted by Crippen LogP contribution is -2.10. The summed E-state index contributed by atoms with van der Waals surface area (Å²) in [5.41, 5.74) is 4.10. The van der Waals surface area contributed by atoms with Crippen LogP contribution in [0, 0.1) is 0 Å². The molecular formula is C13H14N2O. The maximum atomic E-state index is 5.86. The molecule has 0 aliphatic rings. The molecule has 0 fully saturated rings. The fourth-order valence-corrected chi connectivity index (χ4v) is 2.09. The number of hydrogen-bond donors (Lipinski definition) is 1. The van der Waals surface area contributed by atoms with Crippen molar-refractivity contribution in [2.45, 2.75) is 26.2 Å². The first-order valence-electron chi connectivity index (χ1n) is 5.42. The summed E-state index contributed by atoms with van der Waals surface area (Å²) in [6.07, 6.45) is 1.72. The largest absolute Gasteiger partial charge is 0.452 e. The highest BCUT2D eigenvalue weighted by Crippen LogP contribution is 2.34. The number of H-pyrrole nitrogens is 1. The maximum Gasteiger partial charge on any atom is 0.173 e. The third-order valence-electron chi connectivity index (χ3n) is 2.91. The average Bonchev–Trinajstić information content (AvgIpc) is 2.74. The minimum Gasteiger partial charge on any atom is -0.452 e. The summed E-state index contributed by atoms with van der Waals surface area (Å²) >= 11 is 0. The molecule has 0 bridgehead atoms. The van der Waals surface area contributed by atoms with Crippen LogP contribution in [-0.4, -0.2) is 10.2 Å². The Hall–Kier alpha value is -1.77. The van der Waals surface area contributed by atoms with Crippen LogP contribution in [0.4, 0.5) is 0 Å². The number of aromatic nitrogens is 2. The number of benzene rings is 1. The Balaban J connectivity index is 2.47. The van der Waals surface area contributed by atoms with Gasteiger partial charge >= 0.3 is 0 Å². The van der Waals surface area contributed by atoms with E-state index in [2.05, 4.69) is 49.2 Å². The third kappa shape index (κ3) is 1.18. The second-order valence-corrected chi connectivity index (χ2v) is 5.14. The lowest BCUT2D eigenvalue weighted by Gasteiger charge is -2.18. The standard InChI is InChI=1S/C13H14N2O/c1-13(2,3)9-6-4-5-8-11-10(7-14-15-11)16-12(8)9/h4-7H,1-3H3,(H,14,15). The van der Waals surface area contributed by atoms with Gasteiger partial charge in [0.05, 0.1) is 6.20 Å². The summed E-state index contributed by atoms with van der Waals surface area (Å²) in [4.78, 5) is 0. The Morgan fingerprint density at radius 3 is 2.81 bits per heavy atom. The van der Waals surface area contributed by atoms with Crippen LogP contribution in [0.15, 0.2) is 28.8 Å². The van der Waals surface area contributed by atoms with Crippen molar-refractivity contribution in [3.8, 4) is 0 Å². The van der Waals surface area contributed by atoms with Gasteiger partial charge in [-0.3, -0.25) is 5.10 Å². The van der Waals surface area contributed by atoms with Gasteiger partial charge in [-0.25, -0.2) is 0 Å². The molecule has 0 atom stereocenters. The molecule has 3 rings (SSSR count). The molecule has 1 N–H and O–H groups in total. The second-order valence-electron chi connectivity index (χ2n) is 5.14. The normalized spacial score (nSPS) is 12.7. The molecule has 3 nitrogen and oxygen atoms in total. The molecule has 0 radical (unpaired) electrons. The molecule has 1 aromatic carbocycles. The van der Waals surface area contributed by atoms with Gasteiger partial charge in [0.1, 0.15) is 11.1 Å². The molecule has 16 heavy (non-hydrogen) atoms. The van der Waals surface area contributed by atoms with Gasteiger partial charge in [-0.2, -0.15) is 5.10 Å². The van der Waals surface area contributed by atoms with Gasteiger partial charge in [-0.15, -0.1) is 0 Å². The number of nitrogens with one attached hydrogen (secondary N) is 1. The van der Waals surface area contributed by atoms with Crippen molar-refractivity contribution in [2.75, 3.05) is 0 Å². The van der Waals surface area contributed by atoms with E-state index in [0.29, 0.717) is 0 Å². The van der Waals surface area contributed by atoms with Crippen molar-refractivity contribution >= 4 is 22.1 Å². The molecule has 2 aromatic heterocycles.